The number of aromatic nitrogens is 1. The predicted octanol–water partition coefficient (Wildman–Crippen LogP) is -0.730. The Morgan fingerprint density at radius 3 is 2.40 bits per heavy atom. The summed E-state index contributed by atoms with van der Waals surface area (Å²) in [6.45, 7) is 1.52. The largest absolute Gasteiger partial charge is 0.501 e. The zero-order chi connectivity index (χ0) is 7.72. The highest BCUT2D eigenvalue weighted by Gasteiger charge is 2.18. The van der Waals surface area contributed by atoms with Gasteiger partial charge in [-0.05, 0) is 6.92 Å². The van der Waals surface area contributed by atoms with Gasteiger partial charge < -0.3 is 10.0 Å². The van der Waals surface area contributed by atoms with Crippen molar-refractivity contribution >= 4 is 23.2 Å². The molecule has 3 nitrogen and oxygen atoms in total. The molecule has 0 saturated heterocycles. The lowest BCUT2D eigenvalue weighted by atomic mass is 9.88. The van der Waals surface area contributed by atoms with E-state index in [4.69, 9.17) is 10.0 Å². The van der Waals surface area contributed by atoms with E-state index in [9.17, 15) is 4.39 Å². The lowest BCUT2D eigenvalue weighted by molar-refractivity contribution is 0.426. The first-order valence-electron chi connectivity index (χ1n) is 2.60. The maximum atomic E-state index is 12.2. The van der Waals surface area contributed by atoms with Crippen LogP contribution in [0.5, 0.6) is 0 Å². The van der Waals surface area contributed by atoms with Gasteiger partial charge in [0, 0.05) is 0 Å². The smallest absolute Gasteiger partial charge is 0.423 e. The van der Waals surface area contributed by atoms with Crippen molar-refractivity contribution in [2.45, 2.75) is 6.92 Å². The van der Waals surface area contributed by atoms with E-state index in [1.165, 1.54) is 6.92 Å². The Morgan fingerprint density at radius 1 is 1.60 bits per heavy atom. The van der Waals surface area contributed by atoms with Crippen LogP contribution < -0.4 is 4.78 Å². The molecular weight excluding hydrogens is 156 g/mol. The third-order valence-corrected chi connectivity index (χ3v) is 2.03. The Balaban J connectivity index is 3.03. The molecule has 0 fully saturated rings. The van der Waals surface area contributed by atoms with Crippen molar-refractivity contribution in [3.05, 3.63) is 11.0 Å². The highest BCUT2D eigenvalue weighted by atomic mass is 32.1. The van der Waals surface area contributed by atoms with Gasteiger partial charge in [0.25, 0.3) is 5.26 Å². The van der Waals surface area contributed by atoms with Crippen molar-refractivity contribution in [2.24, 2.45) is 0 Å². The first-order chi connectivity index (χ1) is 4.61. The zero-order valence-corrected chi connectivity index (χ0v) is 6.02. The molecule has 0 atom stereocenters. The molecule has 54 valence electrons. The number of rotatable bonds is 1. The van der Waals surface area contributed by atoms with Crippen molar-refractivity contribution in [3.63, 3.8) is 0 Å². The van der Waals surface area contributed by atoms with E-state index in [0.717, 1.165) is 0 Å². The molecule has 0 bridgehead atoms. The molecule has 0 amide bonds. The van der Waals surface area contributed by atoms with Gasteiger partial charge in [-0.15, -0.1) is 0 Å². The van der Waals surface area contributed by atoms with Gasteiger partial charge in [0.15, 0.2) is 0 Å². The van der Waals surface area contributed by atoms with Crippen LogP contribution in [-0.2, 0) is 0 Å². The maximum Gasteiger partial charge on any atom is 0.501 e. The van der Waals surface area contributed by atoms with Crippen molar-refractivity contribution in [3.8, 4) is 0 Å². The molecule has 10 heavy (non-hydrogen) atoms. The second-order valence-electron chi connectivity index (χ2n) is 1.79. The van der Waals surface area contributed by atoms with Crippen LogP contribution in [0.2, 0.25) is 0 Å². The Labute approximate surface area is 61.3 Å². The fourth-order valence-corrected chi connectivity index (χ4v) is 1.28. The van der Waals surface area contributed by atoms with Crippen LogP contribution in [0.4, 0.5) is 4.39 Å². The van der Waals surface area contributed by atoms with Crippen LogP contribution in [0.25, 0.3) is 0 Å². The fourth-order valence-electron chi connectivity index (χ4n) is 0.614. The lowest BCUT2D eigenvalue weighted by Gasteiger charge is -1.90. The zero-order valence-electron chi connectivity index (χ0n) is 5.21. The van der Waals surface area contributed by atoms with Crippen LogP contribution >= 0.6 is 11.3 Å². The first kappa shape index (κ1) is 7.65. The van der Waals surface area contributed by atoms with E-state index in [-0.39, 0.29) is 4.78 Å². The Morgan fingerprint density at radius 2 is 2.20 bits per heavy atom. The minimum Gasteiger partial charge on any atom is -0.423 e. The molecule has 6 heteroatoms. The van der Waals surface area contributed by atoms with Gasteiger partial charge in [0.05, 0.1) is 10.5 Å². The molecule has 2 N–H and O–H groups in total. The van der Waals surface area contributed by atoms with E-state index in [1.807, 2.05) is 0 Å². The van der Waals surface area contributed by atoms with Gasteiger partial charge in [-0.2, -0.15) is 4.39 Å². The third-order valence-electron chi connectivity index (χ3n) is 1.04. The summed E-state index contributed by atoms with van der Waals surface area (Å²) < 4.78 is 12.4. The summed E-state index contributed by atoms with van der Waals surface area (Å²) in [6.07, 6.45) is 0. The first-order valence-corrected chi connectivity index (χ1v) is 3.42. The van der Waals surface area contributed by atoms with E-state index in [1.54, 1.807) is 0 Å². The summed E-state index contributed by atoms with van der Waals surface area (Å²) in [5.41, 5.74) is 0.331. The number of hydrogen-bond donors (Lipinski definition) is 2. The minimum absolute atomic E-state index is 0.164. The number of aryl methyl sites for hydroxylation is 1. The van der Waals surface area contributed by atoms with Crippen LogP contribution in [0.1, 0.15) is 5.69 Å². The van der Waals surface area contributed by atoms with Crippen LogP contribution in [-0.4, -0.2) is 22.2 Å². The maximum absolute atomic E-state index is 12.2. The fraction of sp³-hybridized carbons (Fsp3) is 0.250. The van der Waals surface area contributed by atoms with Gasteiger partial charge >= 0.3 is 7.12 Å². The van der Waals surface area contributed by atoms with Gasteiger partial charge in [-0.25, -0.2) is 4.98 Å². The Kier molecular flexibility index (Phi) is 2.03. The van der Waals surface area contributed by atoms with Crippen molar-refractivity contribution in [1.82, 2.24) is 4.98 Å². The molecule has 1 heterocycles. The SMILES string of the molecule is Cc1nc(F)sc1B(O)O. The molecule has 0 spiro atoms. The normalized spacial score (nSPS) is 10.0. The quantitative estimate of drug-likeness (QED) is 0.534. The van der Waals surface area contributed by atoms with Gasteiger partial charge in [0.2, 0.25) is 0 Å². The van der Waals surface area contributed by atoms with E-state index < -0.39 is 12.4 Å². The molecule has 0 aliphatic carbocycles. The summed E-state index contributed by atoms with van der Waals surface area (Å²) in [4.78, 5) is 3.36. The molecule has 1 aromatic heterocycles. The average Bonchev–Trinajstić information content (AvgIpc) is 2.10. The summed E-state index contributed by atoms with van der Waals surface area (Å²) in [5.74, 6) is 0. The molecule has 0 aromatic carbocycles. The monoisotopic (exact) mass is 161 g/mol. The molecular formula is C4H5BFNO2S. The highest BCUT2D eigenvalue weighted by Crippen LogP contribution is 2.03. The van der Waals surface area contributed by atoms with E-state index in [0.29, 0.717) is 17.0 Å². The van der Waals surface area contributed by atoms with Crippen LogP contribution in [0.15, 0.2) is 0 Å². The lowest BCUT2D eigenvalue weighted by Crippen LogP contribution is -2.28. The predicted molar refractivity (Wildman–Crippen MR) is 36.6 cm³/mol. The van der Waals surface area contributed by atoms with Crippen LogP contribution in [0.3, 0.4) is 0 Å². The second kappa shape index (κ2) is 2.65. The summed E-state index contributed by atoms with van der Waals surface area (Å²) in [6, 6.07) is 0. The summed E-state index contributed by atoms with van der Waals surface area (Å²) >= 11 is 0.645. The summed E-state index contributed by atoms with van der Waals surface area (Å²) in [7, 11) is -1.61. The van der Waals surface area contributed by atoms with E-state index >= 15 is 0 Å². The van der Waals surface area contributed by atoms with Crippen molar-refractivity contribution in [2.75, 3.05) is 0 Å². The molecule has 1 aromatic rings. The minimum atomic E-state index is -1.61. The third kappa shape index (κ3) is 1.34. The van der Waals surface area contributed by atoms with Gasteiger partial charge in [0.1, 0.15) is 0 Å². The van der Waals surface area contributed by atoms with Crippen LogP contribution in [0, 0.1) is 12.2 Å². The topological polar surface area (TPSA) is 53.4 Å². The van der Waals surface area contributed by atoms with E-state index in [2.05, 4.69) is 4.98 Å². The number of thiazole rings is 1. The number of hydrogen-bond acceptors (Lipinski definition) is 4. The number of nitrogens with zero attached hydrogens (tertiary/aromatic N) is 1. The Bertz CT molecular complexity index is 239. The number of halogens is 1. The van der Waals surface area contributed by atoms with Crippen molar-refractivity contribution in [1.29, 1.82) is 0 Å². The molecule has 0 aliphatic rings. The molecule has 0 saturated carbocycles. The Hall–Kier alpha value is -0.455. The second-order valence-corrected chi connectivity index (χ2v) is 2.77. The molecule has 0 unspecified atom stereocenters. The van der Waals surface area contributed by atoms with Gasteiger partial charge in [-0.3, -0.25) is 0 Å². The molecule has 1 rings (SSSR count). The van der Waals surface area contributed by atoms with Crippen molar-refractivity contribution < 1.29 is 14.4 Å². The molecule has 0 aliphatic heterocycles. The van der Waals surface area contributed by atoms with Gasteiger partial charge in [-0.1, -0.05) is 11.3 Å². The summed E-state index contributed by atoms with van der Waals surface area (Å²) in [5, 5.41) is 16.5. The average molecular weight is 161 g/mol. The molecule has 0 radical (unpaired) electrons. The standard InChI is InChI=1S/C4H5BFNO2S/c1-2-3(5(8)9)10-4(6)7-2/h8-9H,1H3. The highest BCUT2D eigenvalue weighted by molar-refractivity contribution is 7.20.